The number of ether oxygens (including phenoxy) is 1. The van der Waals surface area contributed by atoms with Crippen molar-refractivity contribution in [1.29, 1.82) is 0 Å². The van der Waals surface area contributed by atoms with Gasteiger partial charge in [-0.05, 0) is 31.2 Å². The number of amides is 2. The summed E-state index contributed by atoms with van der Waals surface area (Å²) in [7, 11) is 0. The summed E-state index contributed by atoms with van der Waals surface area (Å²) in [6.07, 6.45) is 1.21. The van der Waals surface area contributed by atoms with Crippen LogP contribution in [0.4, 0.5) is 0 Å². The normalized spacial score (nSPS) is 20.4. The molecule has 1 aliphatic rings. The van der Waals surface area contributed by atoms with Gasteiger partial charge in [0.25, 0.3) is 0 Å². The fourth-order valence-electron chi connectivity index (χ4n) is 3.61. The van der Waals surface area contributed by atoms with Crippen molar-refractivity contribution in [3.63, 3.8) is 0 Å². The Hall–Kier alpha value is -2.17. The molecule has 0 spiro atoms. The van der Waals surface area contributed by atoms with E-state index in [1.807, 2.05) is 44.2 Å². The number of likely N-dealkylation sites (tertiary alicyclic amines) is 1. The lowest BCUT2D eigenvalue weighted by atomic mass is 9.76. The Balaban J connectivity index is 2.14. The highest BCUT2D eigenvalue weighted by atomic mass is 16.5. The van der Waals surface area contributed by atoms with Crippen LogP contribution in [-0.2, 0) is 25.5 Å². The van der Waals surface area contributed by atoms with E-state index in [1.165, 1.54) is 4.90 Å². The zero-order valence-corrected chi connectivity index (χ0v) is 15.3. The fraction of sp³-hybridized carbons (Fsp3) is 0.550. The van der Waals surface area contributed by atoms with E-state index in [4.69, 9.17) is 4.74 Å². The van der Waals surface area contributed by atoms with Crippen molar-refractivity contribution in [3.05, 3.63) is 35.9 Å². The van der Waals surface area contributed by atoms with Crippen molar-refractivity contribution in [3.8, 4) is 0 Å². The maximum Gasteiger partial charge on any atom is 0.306 e. The smallest absolute Gasteiger partial charge is 0.306 e. The number of esters is 1. The molecule has 136 valence electrons. The van der Waals surface area contributed by atoms with Crippen LogP contribution in [-0.4, -0.2) is 35.8 Å². The number of benzene rings is 1. The third-order valence-electron chi connectivity index (χ3n) is 4.54. The number of carbonyl (C=O) groups is 3. The molecule has 1 saturated heterocycles. The monoisotopic (exact) mass is 345 g/mol. The van der Waals surface area contributed by atoms with Gasteiger partial charge in [-0.25, -0.2) is 0 Å². The third kappa shape index (κ3) is 4.68. The van der Waals surface area contributed by atoms with Crippen molar-refractivity contribution < 1.29 is 19.1 Å². The predicted molar refractivity (Wildman–Crippen MR) is 94.6 cm³/mol. The first-order chi connectivity index (χ1) is 11.9. The molecule has 0 N–H and O–H groups in total. The third-order valence-corrected chi connectivity index (χ3v) is 4.54. The van der Waals surface area contributed by atoms with E-state index in [0.717, 1.165) is 5.56 Å². The molecular formula is C20H27NO4. The average Bonchev–Trinajstić information content (AvgIpc) is 2.76. The van der Waals surface area contributed by atoms with Crippen molar-refractivity contribution >= 4 is 17.8 Å². The number of imide groups is 1. The topological polar surface area (TPSA) is 63.7 Å². The van der Waals surface area contributed by atoms with E-state index in [-0.39, 0.29) is 37.2 Å². The zero-order chi connectivity index (χ0) is 18.4. The van der Waals surface area contributed by atoms with Gasteiger partial charge < -0.3 is 4.74 Å². The first kappa shape index (κ1) is 19.2. The second kappa shape index (κ2) is 8.28. The molecule has 0 bridgehead atoms. The Morgan fingerprint density at radius 3 is 2.52 bits per heavy atom. The van der Waals surface area contributed by atoms with E-state index < -0.39 is 11.4 Å². The summed E-state index contributed by atoms with van der Waals surface area (Å²) >= 11 is 0. The largest absolute Gasteiger partial charge is 0.466 e. The Morgan fingerprint density at radius 2 is 1.92 bits per heavy atom. The summed E-state index contributed by atoms with van der Waals surface area (Å²) in [5.74, 6) is -0.615. The van der Waals surface area contributed by atoms with Gasteiger partial charge in [0.15, 0.2) is 0 Å². The molecule has 1 aromatic rings. The highest BCUT2D eigenvalue weighted by molar-refractivity contribution is 6.07. The number of rotatable bonds is 8. The van der Waals surface area contributed by atoms with Crippen LogP contribution in [0, 0.1) is 11.3 Å². The van der Waals surface area contributed by atoms with Crippen LogP contribution in [0.25, 0.3) is 0 Å². The number of nitrogens with zero attached hydrogens (tertiary/aromatic N) is 1. The van der Waals surface area contributed by atoms with Crippen LogP contribution >= 0.6 is 0 Å². The van der Waals surface area contributed by atoms with Gasteiger partial charge in [-0.3, -0.25) is 19.3 Å². The van der Waals surface area contributed by atoms with Gasteiger partial charge in [-0.2, -0.15) is 0 Å². The molecule has 5 heteroatoms. The lowest BCUT2D eigenvalue weighted by molar-refractivity contribution is -0.152. The highest BCUT2D eigenvalue weighted by Gasteiger charge is 2.52. The van der Waals surface area contributed by atoms with E-state index in [1.54, 1.807) is 6.92 Å². The first-order valence-electron chi connectivity index (χ1n) is 8.92. The van der Waals surface area contributed by atoms with Crippen molar-refractivity contribution in [2.24, 2.45) is 11.3 Å². The Bertz CT molecular complexity index is 626. The van der Waals surface area contributed by atoms with Crippen LogP contribution in [0.5, 0.6) is 0 Å². The van der Waals surface area contributed by atoms with Gasteiger partial charge in [0.1, 0.15) is 0 Å². The number of hydrogen-bond acceptors (Lipinski definition) is 4. The van der Waals surface area contributed by atoms with Gasteiger partial charge in [-0.15, -0.1) is 0 Å². The highest BCUT2D eigenvalue weighted by Crippen LogP contribution is 2.42. The molecule has 0 radical (unpaired) electrons. The fourth-order valence-corrected chi connectivity index (χ4v) is 3.61. The summed E-state index contributed by atoms with van der Waals surface area (Å²) < 4.78 is 5.04. The minimum absolute atomic E-state index is 0.0224. The lowest BCUT2D eigenvalue weighted by Gasteiger charge is -2.27. The summed E-state index contributed by atoms with van der Waals surface area (Å²) in [6.45, 7) is 6.36. The molecule has 1 heterocycles. The van der Waals surface area contributed by atoms with Crippen molar-refractivity contribution in [2.45, 2.75) is 46.5 Å². The van der Waals surface area contributed by atoms with Gasteiger partial charge in [0.05, 0.1) is 18.4 Å². The molecule has 2 rings (SSSR count). The molecular weight excluding hydrogens is 318 g/mol. The number of carbonyl (C=O) groups excluding carboxylic acids is 3. The molecule has 1 aliphatic heterocycles. The molecule has 1 atom stereocenters. The maximum absolute atomic E-state index is 13.0. The maximum atomic E-state index is 13.0. The quantitative estimate of drug-likeness (QED) is 0.537. The summed E-state index contributed by atoms with van der Waals surface area (Å²) in [5, 5.41) is 0. The standard InChI is InChI=1S/C20H27NO4/c1-4-25-18(23)14-20(12-15(2)3)13-17(22)21(19(20)24)11-10-16-8-6-5-7-9-16/h5-9,15H,4,10-14H2,1-3H3. The van der Waals surface area contributed by atoms with Crippen molar-refractivity contribution in [1.82, 2.24) is 4.90 Å². The van der Waals surface area contributed by atoms with Crippen LogP contribution in [0.1, 0.15) is 45.6 Å². The van der Waals surface area contributed by atoms with E-state index in [2.05, 4.69) is 0 Å². The predicted octanol–water partition coefficient (Wildman–Crippen LogP) is 2.97. The van der Waals surface area contributed by atoms with Crippen molar-refractivity contribution in [2.75, 3.05) is 13.2 Å². The van der Waals surface area contributed by atoms with E-state index in [9.17, 15) is 14.4 Å². The number of hydrogen-bond donors (Lipinski definition) is 0. The molecule has 1 aromatic carbocycles. The molecule has 0 aromatic heterocycles. The van der Waals surface area contributed by atoms with Gasteiger partial charge in [0, 0.05) is 13.0 Å². The van der Waals surface area contributed by atoms with Gasteiger partial charge in [-0.1, -0.05) is 44.2 Å². The molecule has 1 fully saturated rings. The van der Waals surface area contributed by atoms with E-state index in [0.29, 0.717) is 19.4 Å². The minimum Gasteiger partial charge on any atom is -0.466 e. The Labute approximate surface area is 149 Å². The SMILES string of the molecule is CCOC(=O)CC1(CC(C)C)CC(=O)N(CCc2ccccc2)C1=O. The molecule has 2 amide bonds. The average molecular weight is 345 g/mol. The Morgan fingerprint density at radius 1 is 1.24 bits per heavy atom. The summed E-state index contributed by atoms with van der Waals surface area (Å²) in [5.41, 5.74) is 0.128. The molecule has 25 heavy (non-hydrogen) atoms. The minimum atomic E-state index is -0.950. The zero-order valence-electron chi connectivity index (χ0n) is 15.3. The van der Waals surface area contributed by atoms with Crippen LogP contribution in [0.2, 0.25) is 0 Å². The molecule has 0 saturated carbocycles. The van der Waals surface area contributed by atoms with Crippen LogP contribution in [0.15, 0.2) is 30.3 Å². The molecule has 5 nitrogen and oxygen atoms in total. The van der Waals surface area contributed by atoms with Crippen LogP contribution < -0.4 is 0 Å². The summed E-state index contributed by atoms with van der Waals surface area (Å²) in [6, 6.07) is 9.76. The molecule has 1 unspecified atom stereocenters. The van der Waals surface area contributed by atoms with Gasteiger partial charge in [0.2, 0.25) is 11.8 Å². The first-order valence-corrected chi connectivity index (χ1v) is 8.92. The lowest BCUT2D eigenvalue weighted by Crippen LogP contribution is -2.39. The Kier molecular flexibility index (Phi) is 6.34. The summed E-state index contributed by atoms with van der Waals surface area (Å²) in [4.78, 5) is 38.9. The van der Waals surface area contributed by atoms with Crippen LogP contribution in [0.3, 0.4) is 0 Å². The van der Waals surface area contributed by atoms with Gasteiger partial charge >= 0.3 is 5.97 Å². The second-order valence-corrected chi connectivity index (χ2v) is 7.12. The molecule has 0 aliphatic carbocycles. The van der Waals surface area contributed by atoms with E-state index >= 15 is 0 Å². The second-order valence-electron chi connectivity index (χ2n) is 7.12.